The number of rotatable bonds is 4. The van der Waals surface area contributed by atoms with Crippen molar-refractivity contribution in [2.24, 2.45) is 0 Å². The van der Waals surface area contributed by atoms with Gasteiger partial charge in [0.05, 0.1) is 18.6 Å². The van der Waals surface area contributed by atoms with Crippen LogP contribution in [0.3, 0.4) is 0 Å². The monoisotopic (exact) mass is 390 g/mol. The lowest BCUT2D eigenvalue weighted by Crippen LogP contribution is -2.38. The Morgan fingerprint density at radius 3 is 2.48 bits per heavy atom. The molecule has 11 heteroatoms. The van der Waals surface area contributed by atoms with Crippen LogP contribution in [0, 0.1) is 0 Å². The topological polar surface area (TPSA) is 76.4 Å². The lowest BCUT2D eigenvalue weighted by Gasteiger charge is -2.22. The quantitative estimate of drug-likeness (QED) is 0.743. The zero-order valence-electron chi connectivity index (χ0n) is 12.3. The van der Waals surface area contributed by atoms with Crippen molar-refractivity contribution in [3.8, 4) is 0 Å². The predicted octanol–water partition coefficient (Wildman–Crippen LogP) is 2.96. The molecule has 0 aliphatic carbocycles. The number of benzene rings is 1. The van der Waals surface area contributed by atoms with Crippen molar-refractivity contribution in [2.45, 2.75) is 17.1 Å². The third-order valence-corrected chi connectivity index (χ3v) is 4.97. The fourth-order valence-corrected chi connectivity index (χ4v) is 3.41. The standard InChI is InChI=1S/C14H10ClF3N4O2S/c15-10-3-1-9(2-4-10)13(14(16,17)18)21-25(23,24)11-7-19-12-5-6-20-22(12)8-11/h1-8,13,21H/t13-/m1/s1. The minimum atomic E-state index is -4.84. The van der Waals surface area contributed by atoms with Gasteiger partial charge in [0.25, 0.3) is 0 Å². The van der Waals surface area contributed by atoms with Crippen LogP contribution in [0.15, 0.2) is 53.8 Å². The van der Waals surface area contributed by atoms with Gasteiger partial charge in [0, 0.05) is 11.1 Å². The summed E-state index contributed by atoms with van der Waals surface area (Å²) >= 11 is 5.67. The first-order chi connectivity index (χ1) is 11.7. The van der Waals surface area contributed by atoms with Crippen molar-refractivity contribution in [2.75, 3.05) is 0 Å². The molecule has 2 aromatic heterocycles. The van der Waals surface area contributed by atoms with Crippen LogP contribution in [0.1, 0.15) is 11.6 Å². The zero-order valence-corrected chi connectivity index (χ0v) is 13.8. The van der Waals surface area contributed by atoms with Gasteiger partial charge in [0.15, 0.2) is 5.65 Å². The lowest BCUT2D eigenvalue weighted by molar-refractivity contribution is -0.153. The maximum Gasteiger partial charge on any atom is 0.408 e. The Bertz CT molecular complexity index is 1000. The molecule has 0 saturated carbocycles. The Morgan fingerprint density at radius 1 is 1.16 bits per heavy atom. The first-order valence-corrected chi connectivity index (χ1v) is 8.67. The second-order valence-electron chi connectivity index (χ2n) is 5.07. The molecule has 0 saturated heterocycles. The Hall–Kier alpha value is -2.17. The minimum absolute atomic E-state index is 0.237. The average Bonchev–Trinajstić information content (AvgIpc) is 3.00. The van der Waals surface area contributed by atoms with Crippen LogP contribution in [0.4, 0.5) is 13.2 Å². The van der Waals surface area contributed by atoms with Gasteiger partial charge in [-0.05, 0) is 17.7 Å². The number of alkyl halides is 3. The summed E-state index contributed by atoms with van der Waals surface area (Å²) in [6.07, 6.45) is -1.41. The predicted molar refractivity (Wildman–Crippen MR) is 83.6 cm³/mol. The number of hydrogen-bond donors (Lipinski definition) is 1. The van der Waals surface area contributed by atoms with Crippen molar-refractivity contribution in [1.82, 2.24) is 19.3 Å². The minimum Gasteiger partial charge on any atom is -0.236 e. The number of sulfonamides is 1. The van der Waals surface area contributed by atoms with E-state index in [0.717, 1.165) is 29.0 Å². The highest BCUT2D eigenvalue weighted by Gasteiger charge is 2.43. The van der Waals surface area contributed by atoms with Gasteiger partial charge in [-0.1, -0.05) is 23.7 Å². The third-order valence-electron chi connectivity index (χ3n) is 3.34. The van der Waals surface area contributed by atoms with E-state index in [4.69, 9.17) is 11.6 Å². The number of fused-ring (bicyclic) bond motifs is 1. The summed E-state index contributed by atoms with van der Waals surface area (Å²) in [6, 6.07) is 3.82. The Morgan fingerprint density at radius 2 is 1.84 bits per heavy atom. The van der Waals surface area contributed by atoms with E-state index in [2.05, 4.69) is 10.1 Å². The highest BCUT2D eigenvalue weighted by molar-refractivity contribution is 7.89. The van der Waals surface area contributed by atoms with E-state index < -0.39 is 27.1 Å². The van der Waals surface area contributed by atoms with E-state index in [1.54, 1.807) is 4.72 Å². The van der Waals surface area contributed by atoms with E-state index in [1.165, 1.54) is 24.4 Å². The summed E-state index contributed by atoms with van der Waals surface area (Å²) in [5.74, 6) is 0. The second-order valence-corrected chi connectivity index (χ2v) is 7.22. The largest absolute Gasteiger partial charge is 0.408 e. The Balaban J connectivity index is 1.98. The Kier molecular flexibility index (Phi) is 4.43. The summed E-state index contributed by atoms with van der Waals surface area (Å²) in [6.45, 7) is 0. The van der Waals surface area contributed by atoms with E-state index in [-0.39, 0.29) is 10.6 Å². The Labute approximate surface area is 145 Å². The molecule has 0 radical (unpaired) electrons. The molecule has 1 aromatic carbocycles. The summed E-state index contributed by atoms with van der Waals surface area (Å²) in [4.78, 5) is 3.41. The van der Waals surface area contributed by atoms with Crippen molar-refractivity contribution >= 4 is 27.3 Å². The van der Waals surface area contributed by atoms with Crippen molar-refractivity contribution < 1.29 is 21.6 Å². The fourth-order valence-electron chi connectivity index (χ4n) is 2.13. The van der Waals surface area contributed by atoms with Gasteiger partial charge in [0.2, 0.25) is 10.0 Å². The second kappa shape index (κ2) is 6.28. The summed E-state index contributed by atoms with van der Waals surface area (Å²) in [5.41, 5.74) is 0.0811. The third kappa shape index (κ3) is 3.75. The van der Waals surface area contributed by atoms with Crippen LogP contribution in [-0.4, -0.2) is 29.2 Å². The highest BCUT2D eigenvalue weighted by Crippen LogP contribution is 2.34. The molecule has 132 valence electrons. The molecule has 6 nitrogen and oxygen atoms in total. The number of nitrogens with one attached hydrogen (secondary N) is 1. The molecule has 0 fully saturated rings. The fraction of sp³-hybridized carbons (Fsp3) is 0.143. The van der Waals surface area contributed by atoms with Crippen molar-refractivity contribution in [1.29, 1.82) is 0 Å². The van der Waals surface area contributed by atoms with Gasteiger partial charge in [0.1, 0.15) is 10.9 Å². The zero-order chi connectivity index (χ0) is 18.2. The van der Waals surface area contributed by atoms with Gasteiger partial charge in [-0.3, -0.25) is 0 Å². The van der Waals surface area contributed by atoms with Crippen molar-refractivity contribution in [3.63, 3.8) is 0 Å². The maximum atomic E-state index is 13.4. The summed E-state index contributed by atoms with van der Waals surface area (Å²) in [7, 11) is -4.50. The summed E-state index contributed by atoms with van der Waals surface area (Å²) < 4.78 is 67.7. The molecule has 0 amide bonds. The maximum absolute atomic E-state index is 13.4. The molecule has 0 bridgehead atoms. The van der Waals surface area contributed by atoms with E-state index in [1.807, 2.05) is 0 Å². The molecule has 0 aliphatic heterocycles. The molecule has 1 atom stereocenters. The number of halogens is 4. The summed E-state index contributed by atoms with van der Waals surface area (Å²) in [5, 5.41) is 4.05. The molecule has 0 aliphatic rings. The first-order valence-electron chi connectivity index (χ1n) is 6.81. The van der Waals surface area contributed by atoms with Gasteiger partial charge in [-0.25, -0.2) is 17.9 Å². The van der Waals surface area contributed by atoms with Crippen molar-refractivity contribution in [3.05, 3.63) is 59.5 Å². The molecular formula is C14H10ClF3N4O2S. The van der Waals surface area contributed by atoms with Crippen LogP contribution in [0.2, 0.25) is 5.02 Å². The molecule has 2 heterocycles. The SMILES string of the molecule is O=S(=O)(N[C@H](c1ccc(Cl)cc1)C(F)(F)F)c1cnc2ccnn2c1. The van der Waals surface area contributed by atoms with Gasteiger partial charge >= 0.3 is 6.18 Å². The number of nitrogens with zero attached hydrogens (tertiary/aromatic N) is 3. The van der Waals surface area contributed by atoms with Gasteiger partial charge in [-0.2, -0.15) is 23.0 Å². The number of aromatic nitrogens is 3. The van der Waals surface area contributed by atoms with Gasteiger partial charge < -0.3 is 0 Å². The molecule has 25 heavy (non-hydrogen) atoms. The van der Waals surface area contributed by atoms with Crippen LogP contribution in [0.25, 0.3) is 5.65 Å². The number of hydrogen-bond acceptors (Lipinski definition) is 4. The van der Waals surface area contributed by atoms with Crippen LogP contribution >= 0.6 is 11.6 Å². The lowest BCUT2D eigenvalue weighted by atomic mass is 10.1. The molecule has 0 spiro atoms. The first kappa shape index (κ1) is 17.6. The van der Waals surface area contributed by atoms with E-state index >= 15 is 0 Å². The van der Waals surface area contributed by atoms with E-state index in [0.29, 0.717) is 5.65 Å². The molecular weight excluding hydrogens is 381 g/mol. The molecule has 3 aromatic rings. The molecule has 0 unspecified atom stereocenters. The molecule has 1 N–H and O–H groups in total. The van der Waals surface area contributed by atoms with Gasteiger partial charge in [-0.15, -0.1) is 0 Å². The normalized spacial score (nSPS) is 13.9. The van der Waals surface area contributed by atoms with Crippen LogP contribution in [-0.2, 0) is 10.0 Å². The van der Waals surface area contributed by atoms with Crippen LogP contribution < -0.4 is 4.72 Å². The van der Waals surface area contributed by atoms with E-state index in [9.17, 15) is 21.6 Å². The molecule has 3 rings (SSSR count). The highest BCUT2D eigenvalue weighted by atomic mass is 35.5. The van der Waals surface area contributed by atoms with Crippen LogP contribution in [0.5, 0.6) is 0 Å². The average molecular weight is 391 g/mol. The smallest absolute Gasteiger partial charge is 0.236 e.